The van der Waals surface area contributed by atoms with Crippen LogP contribution in [0.5, 0.6) is 0 Å². The van der Waals surface area contributed by atoms with E-state index >= 15 is 0 Å². The molecule has 21 heavy (non-hydrogen) atoms. The number of benzene rings is 1. The molecule has 4 heteroatoms. The lowest BCUT2D eigenvalue weighted by molar-refractivity contribution is 0.0918. The molecule has 0 amide bonds. The van der Waals surface area contributed by atoms with Crippen LogP contribution in [0.2, 0.25) is 5.02 Å². The van der Waals surface area contributed by atoms with E-state index in [2.05, 4.69) is 44.8 Å². The van der Waals surface area contributed by atoms with E-state index in [4.69, 9.17) is 11.6 Å². The van der Waals surface area contributed by atoms with Crippen molar-refractivity contribution in [3.05, 3.63) is 34.6 Å². The third-order valence-electron chi connectivity index (χ3n) is 4.31. The maximum atomic E-state index is 13.5. The third-order valence-corrected chi connectivity index (χ3v) is 4.68. The van der Waals surface area contributed by atoms with Gasteiger partial charge in [-0.1, -0.05) is 32.4 Å². The van der Waals surface area contributed by atoms with E-state index in [9.17, 15) is 4.39 Å². The zero-order valence-electron chi connectivity index (χ0n) is 13.8. The van der Waals surface area contributed by atoms with Crippen molar-refractivity contribution in [3.8, 4) is 0 Å². The van der Waals surface area contributed by atoms with Crippen LogP contribution in [0, 0.1) is 5.82 Å². The Balaban J connectivity index is 3.03. The Hall–Kier alpha value is -0.640. The van der Waals surface area contributed by atoms with E-state index in [-0.39, 0.29) is 17.4 Å². The molecule has 1 aromatic carbocycles. The van der Waals surface area contributed by atoms with Crippen molar-refractivity contribution >= 4 is 11.6 Å². The molecule has 0 aliphatic heterocycles. The lowest BCUT2D eigenvalue weighted by Crippen LogP contribution is -2.58. The SMILES string of the molecule is CCNC(Cc1cc(F)ccc1Cl)C(C)(C)N(CC)CC. The normalized spacial score (nSPS) is 13.7. The summed E-state index contributed by atoms with van der Waals surface area (Å²) in [6.45, 7) is 13.8. The van der Waals surface area contributed by atoms with Gasteiger partial charge in [-0.15, -0.1) is 0 Å². The molecule has 1 rings (SSSR count). The van der Waals surface area contributed by atoms with Gasteiger partial charge in [0.15, 0.2) is 0 Å². The summed E-state index contributed by atoms with van der Waals surface area (Å²) in [5, 5.41) is 4.18. The van der Waals surface area contributed by atoms with Crippen LogP contribution in [0.4, 0.5) is 4.39 Å². The fourth-order valence-corrected chi connectivity index (χ4v) is 3.19. The van der Waals surface area contributed by atoms with Crippen LogP contribution in [0.1, 0.15) is 40.2 Å². The molecule has 0 heterocycles. The molecule has 0 aliphatic rings. The average Bonchev–Trinajstić information content (AvgIpc) is 2.43. The van der Waals surface area contributed by atoms with E-state index < -0.39 is 0 Å². The minimum atomic E-state index is -0.231. The van der Waals surface area contributed by atoms with E-state index in [1.807, 2.05) is 0 Å². The highest BCUT2D eigenvalue weighted by molar-refractivity contribution is 6.31. The molecule has 1 aromatic rings. The minimum Gasteiger partial charge on any atom is -0.312 e. The molecule has 0 saturated carbocycles. The molecule has 0 fully saturated rings. The highest BCUT2D eigenvalue weighted by Crippen LogP contribution is 2.25. The lowest BCUT2D eigenvalue weighted by Gasteiger charge is -2.44. The summed E-state index contributed by atoms with van der Waals surface area (Å²) in [5.41, 5.74) is 0.831. The summed E-state index contributed by atoms with van der Waals surface area (Å²) in [5.74, 6) is -0.231. The van der Waals surface area contributed by atoms with Crippen molar-refractivity contribution in [2.24, 2.45) is 0 Å². The molecule has 1 N–H and O–H groups in total. The highest BCUT2D eigenvalue weighted by atomic mass is 35.5. The van der Waals surface area contributed by atoms with Gasteiger partial charge in [-0.05, 0) is 63.7 Å². The topological polar surface area (TPSA) is 15.3 Å². The summed E-state index contributed by atoms with van der Waals surface area (Å²) < 4.78 is 13.5. The predicted molar refractivity (Wildman–Crippen MR) is 89.6 cm³/mol. The Morgan fingerprint density at radius 1 is 1.24 bits per heavy atom. The number of hydrogen-bond acceptors (Lipinski definition) is 2. The number of nitrogens with zero attached hydrogens (tertiary/aromatic N) is 1. The number of likely N-dealkylation sites (N-methyl/N-ethyl adjacent to an activating group) is 2. The summed E-state index contributed by atoms with van der Waals surface area (Å²) in [6.07, 6.45) is 0.716. The van der Waals surface area contributed by atoms with Crippen LogP contribution >= 0.6 is 11.6 Å². The molecule has 0 spiro atoms. The molecule has 2 nitrogen and oxygen atoms in total. The molecular formula is C17H28ClFN2. The number of halogens is 2. The fourth-order valence-electron chi connectivity index (χ4n) is 3.00. The molecule has 0 bridgehead atoms. The Morgan fingerprint density at radius 2 is 1.86 bits per heavy atom. The smallest absolute Gasteiger partial charge is 0.123 e. The molecule has 0 aromatic heterocycles. The molecule has 120 valence electrons. The minimum absolute atomic E-state index is 0.0326. The van der Waals surface area contributed by atoms with Crippen molar-refractivity contribution in [2.45, 2.75) is 52.6 Å². The summed E-state index contributed by atoms with van der Waals surface area (Å²) in [6, 6.07) is 4.80. The van der Waals surface area contributed by atoms with Gasteiger partial charge in [-0.2, -0.15) is 0 Å². The van der Waals surface area contributed by atoms with Crippen LogP contribution < -0.4 is 5.32 Å². The Morgan fingerprint density at radius 3 is 2.38 bits per heavy atom. The molecule has 1 atom stereocenters. The molecule has 0 saturated heterocycles. The quantitative estimate of drug-likeness (QED) is 0.776. The van der Waals surface area contributed by atoms with Gasteiger partial charge in [0, 0.05) is 16.6 Å². The van der Waals surface area contributed by atoms with Crippen LogP contribution in [0.3, 0.4) is 0 Å². The second kappa shape index (κ2) is 8.11. The zero-order valence-corrected chi connectivity index (χ0v) is 14.6. The van der Waals surface area contributed by atoms with Gasteiger partial charge < -0.3 is 5.32 Å². The summed E-state index contributed by atoms with van der Waals surface area (Å²) >= 11 is 6.23. The Bertz CT molecular complexity index is 444. The zero-order chi connectivity index (χ0) is 16.0. The van der Waals surface area contributed by atoms with Crippen LogP contribution in [-0.2, 0) is 6.42 Å². The van der Waals surface area contributed by atoms with Gasteiger partial charge in [-0.3, -0.25) is 4.90 Å². The molecular weight excluding hydrogens is 287 g/mol. The maximum Gasteiger partial charge on any atom is 0.123 e. The maximum absolute atomic E-state index is 13.5. The van der Waals surface area contributed by atoms with Gasteiger partial charge in [0.2, 0.25) is 0 Å². The summed E-state index contributed by atoms with van der Waals surface area (Å²) in [4.78, 5) is 2.42. The Labute approximate surface area is 133 Å². The molecule has 0 aliphatic carbocycles. The molecule has 0 radical (unpaired) electrons. The fraction of sp³-hybridized carbons (Fsp3) is 0.647. The Kier molecular flexibility index (Phi) is 7.11. The summed E-state index contributed by atoms with van der Waals surface area (Å²) in [7, 11) is 0. The first kappa shape index (κ1) is 18.4. The second-order valence-electron chi connectivity index (χ2n) is 5.88. The first-order valence-electron chi connectivity index (χ1n) is 7.79. The van der Waals surface area contributed by atoms with E-state index in [0.717, 1.165) is 25.2 Å². The van der Waals surface area contributed by atoms with E-state index in [0.29, 0.717) is 11.4 Å². The number of rotatable bonds is 8. The van der Waals surface area contributed by atoms with Gasteiger partial charge >= 0.3 is 0 Å². The van der Waals surface area contributed by atoms with Crippen molar-refractivity contribution in [3.63, 3.8) is 0 Å². The standard InChI is InChI=1S/C17H28ClFN2/c1-6-20-16(17(4,5)21(7-2)8-3)12-13-11-14(19)9-10-15(13)18/h9-11,16,20H,6-8,12H2,1-5H3. The predicted octanol–water partition coefficient (Wildman–Crippen LogP) is 4.12. The van der Waals surface area contributed by atoms with E-state index in [1.165, 1.54) is 6.07 Å². The first-order chi connectivity index (χ1) is 9.86. The average molecular weight is 315 g/mol. The van der Waals surface area contributed by atoms with Gasteiger partial charge in [-0.25, -0.2) is 4.39 Å². The van der Waals surface area contributed by atoms with Gasteiger partial charge in [0.05, 0.1) is 0 Å². The van der Waals surface area contributed by atoms with Gasteiger partial charge in [0.25, 0.3) is 0 Å². The van der Waals surface area contributed by atoms with Crippen LogP contribution in [0.15, 0.2) is 18.2 Å². The van der Waals surface area contributed by atoms with Crippen molar-refractivity contribution in [1.29, 1.82) is 0 Å². The van der Waals surface area contributed by atoms with E-state index in [1.54, 1.807) is 12.1 Å². The number of nitrogens with one attached hydrogen (secondary N) is 1. The third kappa shape index (κ3) is 4.67. The van der Waals surface area contributed by atoms with Gasteiger partial charge in [0.1, 0.15) is 5.82 Å². The van der Waals surface area contributed by atoms with Crippen molar-refractivity contribution in [2.75, 3.05) is 19.6 Å². The van der Waals surface area contributed by atoms with Crippen LogP contribution in [0.25, 0.3) is 0 Å². The first-order valence-corrected chi connectivity index (χ1v) is 8.16. The number of hydrogen-bond donors (Lipinski definition) is 1. The van der Waals surface area contributed by atoms with Crippen molar-refractivity contribution < 1.29 is 4.39 Å². The largest absolute Gasteiger partial charge is 0.312 e. The lowest BCUT2D eigenvalue weighted by atomic mass is 9.87. The van der Waals surface area contributed by atoms with Crippen LogP contribution in [-0.4, -0.2) is 36.1 Å². The molecule has 1 unspecified atom stereocenters. The second-order valence-corrected chi connectivity index (χ2v) is 6.28. The van der Waals surface area contributed by atoms with Crippen molar-refractivity contribution in [1.82, 2.24) is 10.2 Å². The highest BCUT2D eigenvalue weighted by Gasteiger charge is 2.33. The monoisotopic (exact) mass is 314 g/mol.